The van der Waals surface area contributed by atoms with Crippen molar-refractivity contribution in [1.29, 1.82) is 0 Å². The highest BCUT2D eigenvalue weighted by Crippen LogP contribution is 2.24. The lowest BCUT2D eigenvalue weighted by molar-refractivity contribution is 0.0565. The third kappa shape index (κ3) is 9.39. The molecule has 1 saturated heterocycles. The van der Waals surface area contributed by atoms with Gasteiger partial charge in [0.2, 0.25) is 0 Å². The van der Waals surface area contributed by atoms with Gasteiger partial charge in [0.1, 0.15) is 11.3 Å². The van der Waals surface area contributed by atoms with Crippen LogP contribution in [-0.2, 0) is 11.3 Å². The molecule has 3 rings (SSSR count). The van der Waals surface area contributed by atoms with Crippen LogP contribution >= 0.6 is 0 Å². The van der Waals surface area contributed by atoms with Gasteiger partial charge in [-0.25, -0.2) is 0 Å². The van der Waals surface area contributed by atoms with Crippen LogP contribution in [-0.4, -0.2) is 77.5 Å². The second-order valence-corrected chi connectivity index (χ2v) is 10.7. The first-order valence-corrected chi connectivity index (χ1v) is 13.1. The summed E-state index contributed by atoms with van der Waals surface area (Å²) >= 11 is 0. The minimum absolute atomic E-state index is 0.305. The van der Waals surface area contributed by atoms with Crippen LogP contribution in [0, 0.1) is 0 Å². The summed E-state index contributed by atoms with van der Waals surface area (Å²) in [5.74, 6) is 0.628. The number of likely N-dealkylation sites (N-methyl/N-ethyl adjacent to an activating group) is 1. The summed E-state index contributed by atoms with van der Waals surface area (Å²) in [4.78, 5) is 24.2. The predicted octanol–water partition coefficient (Wildman–Crippen LogP) is 3.90. The number of nitrogens with one attached hydrogen (secondary N) is 2. The summed E-state index contributed by atoms with van der Waals surface area (Å²) in [5, 5.41) is 6.04. The van der Waals surface area contributed by atoms with Crippen molar-refractivity contribution in [2.45, 2.75) is 39.3 Å². The van der Waals surface area contributed by atoms with Crippen LogP contribution < -0.4 is 16.4 Å². The van der Waals surface area contributed by atoms with Crippen molar-refractivity contribution < 1.29 is 9.53 Å². The highest BCUT2D eigenvalue weighted by Gasteiger charge is 2.16. The van der Waals surface area contributed by atoms with Crippen molar-refractivity contribution in [3.05, 3.63) is 78.7 Å². The number of anilines is 2. The van der Waals surface area contributed by atoms with Gasteiger partial charge in [-0.05, 0) is 71.1 Å². The Hall–Kier alpha value is -3.56. The van der Waals surface area contributed by atoms with Crippen LogP contribution in [0.3, 0.4) is 0 Å². The third-order valence-electron chi connectivity index (χ3n) is 6.21. The SMILES string of the molecule is C=C(Nc1ccccc1NC(=O)c1ccc(CN(CCCN2CCN(C)CC2)C(=C)N)cn1)OC(C)(C)C. The highest BCUT2D eigenvalue weighted by molar-refractivity contribution is 6.04. The number of piperazine rings is 1. The molecule has 9 nitrogen and oxygen atoms in total. The fourth-order valence-corrected chi connectivity index (χ4v) is 4.19. The quantitative estimate of drug-likeness (QED) is 0.362. The summed E-state index contributed by atoms with van der Waals surface area (Å²) < 4.78 is 5.75. The number of ether oxygens (including phenoxy) is 1. The molecule has 1 amide bonds. The maximum Gasteiger partial charge on any atom is 0.274 e. The second kappa shape index (κ2) is 13.3. The van der Waals surface area contributed by atoms with Crippen molar-refractivity contribution in [1.82, 2.24) is 19.7 Å². The van der Waals surface area contributed by atoms with E-state index in [2.05, 4.69) is 50.5 Å². The Balaban J connectivity index is 1.54. The van der Waals surface area contributed by atoms with E-state index in [1.54, 1.807) is 12.3 Å². The van der Waals surface area contributed by atoms with E-state index in [-0.39, 0.29) is 11.5 Å². The first kappa shape index (κ1) is 29.0. The number of aromatic nitrogens is 1. The maximum atomic E-state index is 12.9. The molecular weight excluding hydrogens is 478 g/mol. The zero-order valence-electron chi connectivity index (χ0n) is 23.3. The number of hydrogen-bond donors (Lipinski definition) is 3. The molecule has 9 heteroatoms. The molecule has 1 aliphatic rings. The lowest BCUT2D eigenvalue weighted by Crippen LogP contribution is -2.45. The molecule has 2 aromatic rings. The van der Waals surface area contributed by atoms with Gasteiger partial charge < -0.3 is 35.8 Å². The number of benzene rings is 1. The summed E-state index contributed by atoms with van der Waals surface area (Å²) in [6.07, 6.45) is 2.73. The molecule has 0 aliphatic carbocycles. The van der Waals surface area contributed by atoms with Gasteiger partial charge in [0.25, 0.3) is 5.91 Å². The second-order valence-electron chi connectivity index (χ2n) is 10.7. The van der Waals surface area contributed by atoms with E-state index in [1.165, 1.54) is 0 Å². The number of rotatable bonds is 12. The number of nitrogens with two attached hydrogens (primary N) is 1. The molecule has 0 unspecified atom stereocenters. The normalized spacial score (nSPS) is 14.5. The lowest BCUT2D eigenvalue weighted by atomic mass is 10.2. The van der Waals surface area contributed by atoms with Crippen LogP contribution in [0.5, 0.6) is 0 Å². The molecule has 1 aromatic carbocycles. The van der Waals surface area contributed by atoms with Gasteiger partial charge in [0.05, 0.1) is 17.2 Å². The molecule has 206 valence electrons. The third-order valence-corrected chi connectivity index (χ3v) is 6.21. The fourth-order valence-electron chi connectivity index (χ4n) is 4.19. The smallest absolute Gasteiger partial charge is 0.274 e. The molecule has 0 radical (unpaired) electrons. The molecule has 1 aliphatic heterocycles. The van der Waals surface area contributed by atoms with Crippen LogP contribution in [0.15, 0.2) is 67.5 Å². The van der Waals surface area contributed by atoms with Gasteiger partial charge in [0.15, 0.2) is 5.88 Å². The van der Waals surface area contributed by atoms with E-state index in [9.17, 15) is 4.79 Å². The Kier molecular flexibility index (Phi) is 10.2. The molecule has 0 spiro atoms. The van der Waals surface area contributed by atoms with E-state index < -0.39 is 0 Å². The Morgan fingerprint density at radius 3 is 2.32 bits per heavy atom. The molecule has 0 saturated carbocycles. The Labute approximate surface area is 227 Å². The van der Waals surface area contributed by atoms with E-state index in [1.807, 2.05) is 51.1 Å². The van der Waals surface area contributed by atoms with Crippen molar-refractivity contribution in [3.8, 4) is 0 Å². The zero-order chi connectivity index (χ0) is 27.7. The van der Waals surface area contributed by atoms with Crippen molar-refractivity contribution in [2.24, 2.45) is 5.73 Å². The fraction of sp³-hybridized carbons (Fsp3) is 0.448. The monoisotopic (exact) mass is 521 g/mol. The van der Waals surface area contributed by atoms with Gasteiger partial charge >= 0.3 is 0 Å². The molecule has 0 atom stereocenters. The standard InChI is InChI=1S/C29H43N7O2/c1-22(30)36(15-9-14-35-18-16-34(6)17-19-35)21-24-12-13-27(31-20-24)28(37)33-26-11-8-7-10-25(26)32-23(2)38-29(3,4)5/h7-8,10-13,20,32H,1-2,9,14-19,21,30H2,3-6H3,(H,33,37). The number of carbonyl (C=O) groups excluding carboxylic acids is 1. The Bertz CT molecular complexity index is 1090. The summed E-state index contributed by atoms with van der Waals surface area (Å²) in [5.41, 5.74) is 8.26. The van der Waals surface area contributed by atoms with E-state index in [0.29, 0.717) is 35.3 Å². The van der Waals surface area contributed by atoms with Gasteiger partial charge in [-0.2, -0.15) is 0 Å². The largest absolute Gasteiger partial charge is 0.474 e. The summed E-state index contributed by atoms with van der Waals surface area (Å²) in [6, 6.07) is 11.0. The number of carbonyl (C=O) groups is 1. The van der Waals surface area contributed by atoms with Crippen molar-refractivity contribution in [2.75, 3.05) is 56.9 Å². The topological polar surface area (TPSA) is 99.0 Å². The molecule has 2 heterocycles. The predicted molar refractivity (Wildman–Crippen MR) is 155 cm³/mol. The number of nitrogens with zero attached hydrogens (tertiary/aromatic N) is 4. The Morgan fingerprint density at radius 1 is 1.08 bits per heavy atom. The highest BCUT2D eigenvalue weighted by atomic mass is 16.5. The molecule has 1 aromatic heterocycles. The van der Waals surface area contributed by atoms with Gasteiger partial charge in [-0.3, -0.25) is 9.78 Å². The lowest BCUT2D eigenvalue weighted by Gasteiger charge is -2.33. The van der Waals surface area contributed by atoms with Gasteiger partial charge in [0, 0.05) is 45.5 Å². The minimum atomic E-state index is -0.385. The van der Waals surface area contributed by atoms with Crippen LogP contribution in [0.2, 0.25) is 0 Å². The molecule has 4 N–H and O–H groups in total. The number of para-hydroxylation sites is 2. The van der Waals surface area contributed by atoms with Crippen LogP contribution in [0.1, 0.15) is 43.2 Å². The molecular formula is C29H43N7O2. The molecule has 38 heavy (non-hydrogen) atoms. The van der Waals surface area contributed by atoms with Crippen molar-refractivity contribution in [3.63, 3.8) is 0 Å². The van der Waals surface area contributed by atoms with Crippen molar-refractivity contribution >= 4 is 17.3 Å². The number of hydrogen-bond acceptors (Lipinski definition) is 8. The van der Waals surface area contributed by atoms with E-state index in [4.69, 9.17) is 10.5 Å². The average molecular weight is 522 g/mol. The maximum absolute atomic E-state index is 12.9. The van der Waals surface area contributed by atoms with Gasteiger partial charge in [-0.15, -0.1) is 0 Å². The zero-order valence-corrected chi connectivity index (χ0v) is 23.3. The molecule has 0 bridgehead atoms. The molecule has 1 fully saturated rings. The van der Waals surface area contributed by atoms with Gasteiger partial charge in [-0.1, -0.05) is 24.8 Å². The minimum Gasteiger partial charge on any atom is -0.474 e. The summed E-state index contributed by atoms with van der Waals surface area (Å²) in [6.45, 7) is 20.6. The number of pyridine rings is 1. The first-order chi connectivity index (χ1) is 18.0. The van der Waals surface area contributed by atoms with E-state index >= 15 is 0 Å². The Morgan fingerprint density at radius 2 is 1.74 bits per heavy atom. The average Bonchev–Trinajstić information content (AvgIpc) is 2.85. The summed E-state index contributed by atoms with van der Waals surface area (Å²) in [7, 11) is 2.17. The first-order valence-electron chi connectivity index (χ1n) is 13.1. The number of amides is 1. The van der Waals surface area contributed by atoms with Crippen LogP contribution in [0.25, 0.3) is 0 Å². The van der Waals surface area contributed by atoms with Crippen LogP contribution in [0.4, 0.5) is 11.4 Å². The van der Waals surface area contributed by atoms with E-state index in [0.717, 1.165) is 51.3 Å².